The summed E-state index contributed by atoms with van der Waals surface area (Å²) in [5.74, 6) is -0.981. The van der Waals surface area contributed by atoms with Crippen molar-refractivity contribution in [3.05, 3.63) is 0 Å². The van der Waals surface area contributed by atoms with Crippen LogP contribution in [0.25, 0.3) is 0 Å². The van der Waals surface area contributed by atoms with Gasteiger partial charge >= 0.3 is 5.97 Å². The third kappa shape index (κ3) is 6.98. The van der Waals surface area contributed by atoms with E-state index in [1.807, 2.05) is 13.8 Å². The highest BCUT2D eigenvalue weighted by molar-refractivity contribution is 5.79. The molecule has 16 heavy (non-hydrogen) atoms. The van der Waals surface area contributed by atoms with Crippen LogP contribution in [0.3, 0.4) is 0 Å². The number of carbonyl (C=O) groups excluding carboxylic acids is 2. The lowest BCUT2D eigenvalue weighted by Gasteiger charge is -2.15. The predicted octanol–water partition coefficient (Wildman–Crippen LogP) is 0.971. The Labute approximate surface area is 95.2 Å². The third-order valence-corrected chi connectivity index (χ3v) is 2.24. The summed E-state index contributed by atoms with van der Waals surface area (Å²) in [7, 11) is 0. The Kier molecular flexibility index (Phi) is 7.16. The molecule has 2 N–H and O–H groups in total. The highest BCUT2D eigenvalue weighted by atomic mass is 16.4. The molecule has 0 aliphatic carbocycles. The van der Waals surface area contributed by atoms with E-state index in [4.69, 9.17) is 5.11 Å². The van der Waals surface area contributed by atoms with Gasteiger partial charge in [-0.3, -0.25) is 9.59 Å². The Morgan fingerprint density at radius 2 is 1.81 bits per heavy atom. The summed E-state index contributed by atoms with van der Waals surface area (Å²) < 4.78 is 0. The van der Waals surface area contributed by atoms with Crippen LogP contribution in [0.4, 0.5) is 0 Å². The van der Waals surface area contributed by atoms with Gasteiger partial charge in [0.15, 0.2) is 0 Å². The van der Waals surface area contributed by atoms with Gasteiger partial charge in [-0.2, -0.15) is 0 Å². The first-order chi connectivity index (χ1) is 7.47. The molecular formula is C11H19NO4. The van der Waals surface area contributed by atoms with Crippen LogP contribution in [0.1, 0.15) is 39.5 Å². The number of unbranched alkanes of at least 4 members (excludes halogenated alkanes) is 1. The van der Waals surface area contributed by atoms with E-state index in [-0.39, 0.29) is 24.7 Å². The van der Waals surface area contributed by atoms with Crippen LogP contribution in [0, 0.1) is 5.92 Å². The molecule has 0 saturated carbocycles. The molecule has 0 aliphatic heterocycles. The topological polar surface area (TPSA) is 83.5 Å². The molecule has 1 unspecified atom stereocenters. The molecule has 1 atom stereocenters. The molecule has 1 amide bonds. The van der Waals surface area contributed by atoms with Crippen LogP contribution in [0.15, 0.2) is 0 Å². The number of amides is 1. The van der Waals surface area contributed by atoms with E-state index in [0.29, 0.717) is 12.8 Å². The van der Waals surface area contributed by atoms with Crippen molar-refractivity contribution in [3.8, 4) is 0 Å². The Bertz CT molecular complexity index is 250. The van der Waals surface area contributed by atoms with E-state index in [0.717, 1.165) is 6.29 Å². The molecule has 0 aromatic carbocycles. The van der Waals surface area contributed by atoms with Crippen molar-refractivity contribution >= 4 is 18.2 Å². The van der Waals surface area contributed by atoms with Gasteiger partial charge in [0, 0.05) is 12.8 Å². The lowest BCUT2D eigenvalue weighted by molar-refractivity contribution is -0.137. The SMILES string of the molecule is CC(C)C(C=O)NC(=O)CCCCC(=O)O. The zero-order valence-corrected chi connectivity index (χ0v) is 9.73. The van der Waals surface area contributed by atoms with E-state index in [9.17, 15) is 14.4 Å². The van der Waals surface area contributed by atoms with Gasteiger partial charge in [-0.05, 0) is 18.8 Å². The fourth-order valence-corrected chi connectivity index (χ4v) is 1.18. The number of carboxylic acid groups (broad SMARTS) is 1. The summed E-state index contributed by atoms with van der Waals surface area (Å²) in [4.78, 5) is 32.2. The maximum Gasteiger partial charge on any atom is 0.303 e. The molecule has 0 fully saturated rings. The number of hydrogen-bond acceptors (Lipinski definition) is 3. The summed E-state index contributed by atoms with van der Waals surface area (Å²) >= 11 is 0. The second-order valence-electron chi connectivity index (χ2n) is 4.07. The molecule has 0 radical (unpaired) electrons. The molecule has 0 bridgehead atoms. The van der Waals surface area contributed by atoms with Gasteiger partial charge in [-0.1, -0.05) is 13.8 Å². The van der Waals surface area contributed by atoms with E-state index < -0.39 is 12.0 Å². The number of aliphatic carboxylic acids is 1. The number of hydrogen-bond donors (Lipinski definition) is 2. The predicted molar refractivity (Wildman–Crippen MR) is 58.9 cm³/mol. The van der Waals surface area contributed by atoms with E-state index in [1.54, 1.807) is 0 Å². The first-order valence-corrected chi connectivity index (χ1v) is 5.43. The molecule has 0 heterocycles. The first kappa shape index (κ1) is 14.6. The quantitative estimate of drug-likeness (QED) is 0.480. The van der Waals surface area contributed by atoms with Crippen LogP contribution in [-0.4, -0.2) is 29.3 Å². The minimum Gasteiger partial charge on any atom is -0.481 e. The number of rotatable bonds is 8. The Balaban J connectivity index is 3.73. The van der Waals surface area contributed by atoms with Crippen LogP contribution >= 0.6 is 0 Å². The molecule has 5 heteroatoms. The molecule has 0 aromatic rings. The van der Waals surface area contributed by atoms with Crippen LogP contribution in [-0.2, 0) is 14.4 Å². The number of aldehydes is 1. The van der Waals surface area contributed by atoms with Gasteiger partial charge in [0.25, 0.3) is 0 Å². The van der Waals surface area contributed by atoms with Crippen molar-refractivity contribution in [1.29, 1.82) is 0 Å². The lowest BCUT2D eigenvalue weighted by Crippen LogP contribution is -2.39. The highest BCUT2D eigenvalue weighted by Crippen LogP contribution is 2.02. The summed E-state index contributed by atoms with van der Waals surface area (Å²) in [5, 5.41) is 11.0. The second-order valence-corrected chi connectivity index (χ2v) is 4.07. The second kappa shape index (κ2) is 7.84. The Hall–Kier alpha value is -1.39. The largest absolute Gasteiger partial charge is 0.481 e. The fraction of sp³-hybridized carbons (Fsp3) is 0.727. The lowest BCUT2D eigenvalue weighted by atomic mass is 10.1. The molecule has 0 saturated heterocycles. The van der Waals surface area contributed by atoms with E-state index >= 15 is 0 Å². The standard InChI is InChI=1S/C11H19NO4/c1-8(2)9(7-13)12-10(14)5-3-4-6-11(15)16/h7-9H,3-6H2,1-2H3,(H,12,14)(H,15,16). The average Bonchev–Trinajstić information content (AvgIpc) is 2.20. The van der Waals surface area contributed by atoms with Crippen molar-refractivity contribution in [2.24, 2.45) is 5.92 Å². The smallest absolute Gasteiger partial charge is 0.303 e. The van der Waals surface area contributed by atoms with Gasteiger partial charge in [0.1, 0.15) is 6.29 Å². The minimum absolute atomic E-state index is 0.0699. The molecule has 0 aromatic heterocycles. The van der Waals surface area contributed by atoms with E-state index in [1.165, 1.54) is 0 Å². The van der Waals surface area contributed by atoms with Crippen molar-refractivity contribution in [2.45, 2.75) is 45.6 Å². The van der Waals surface area contributed by atoms with Gasteiger partial charge in [0.2, 0.25) is 5.91 Å². The zero-order valence-electron chi connectivity index (χ0n) is 9.73. The fourth-order valence-electron chi connectivity index (χ4n) is 1.18. The summed E-state index contributed by atoms with van der Waals surface area (Å²) in [6.45, 7) is 3.70. The van der Waals surface area contributed by atoms with Crippen molar-refractivity contribution in [3.63, 3.8) is 0 Å². The molecular weight excluding hydrogens is 210 g/mol. The number of nitrogens with one attached hydrogen (secondary N) is 1. The van der Waals surface area contributed by atoms with Gasteiger partial charge in [0.05, 0.1) is 6.04 Å². The molecule has 0 spiro atoms. The Morgan fingerprint density at radius 1 is 1.25 bits per heavy atom. The first-order valence-electron chi connectivity index (χ1n) is 5.43. The van der Waals surface area contributed by atoms with Gasteiger partial charge in [-0.15, -0.1) is 0 Å². The van der Waals surface area contributed by atoms with Crippen molar-refractivity contribution in [1.82, 2.24) is 5.32 Å². The maximum atomic E-state index is 11.3. The highest BCUT2D eigenvalue weighted by Gasteiger charge is 2.14. The average molecular weight is 229 g/mol. The molecule has 0 rings (SSSR count). The monoisotopic (exact) mass is 229 g/mol. The van der Waals surface area contributed by atoms with Crippen LogP contribution < -0.4 is 5.32 Å². The van der Waals surface area contributed by atoms with Crippen LogP contribution in [0.2, 0.25) is 0 Å². The molecule has 5 nitrogen and oxygen atoms in total. The van der Waals surface area contributed by atoms with E-state index in [2.05, 4.69) is 5.32 Å². The summed E-state index contributed by atoms with van der Waals surface area (Å²) in [6, 6.07) is -0.452. The summed E-state index contributed by atoms with van der Waals surface area (Å²) in [5.41, 5.74) is 0. The van der Waals surface area contributed by atoms with Crippen LogP contribution in [0.5, 0.6) is 0 Å². The van der Waals surface area contributed by atoms with Gasteiger partial charge < -0.3 is 15.2 Å². The zero-order chi connectivity index (χ0) is 12.6. The third-order valence-electron chi connectivity index (χ3n) is 2.24. The Morgan fingerprint density at radius 3 is 2.25 bits per heavy atom. The molecule has 0 aliphatic rings. The summed E-state index contributed by atoms with van der Waals surface area (Å²) in [6.07, 6.45) is 2.08. The normalized spacial score (nSPS) is 12.2. The van der Waals surface area contributed by atoms with Crippen molar-refractivity contribution in [2.75, 3.05) is 0 Å². The number of carbonyl (C=O) groups is 3. The van der Waals surface area contributed by atoms with Gasteiger partial charge in [-0.25, -0.2) is 0 Å². The molecule has 92 valence electrons. The number of carboxylic acids is 1. The van der Waals surface area contributed by atoms with Crippen molar-refractivity contribution < 1.29 is 19.5 Å². The minimum atomic E-state index is -0.853. The maximum absolute atomic E-state index is 11.3.